The third-order valence-electron chi connectivity index (χ3n) is 2.33. The van der Waals surface area contributed by atoms with Gasteiger partial charge in [-0.15, -0.1) is 0 Å². The molecule has 1 aromatic carbocycles. The van der Waals surface area contributed by atoms with Gasteiger partial charge in [-0.3, -0.25) is 0 Å². The summed E-state index contributed by atoms with van der Waals surface area (Å²) >= 11 is 3.29. The molecule has 1 aliphatic rings. The molecular formula is C10H11BrO3. The Morgan fingerprint density at radius 3 is 2.86 bits per heavy atom. The second-order valence-corrected chi connectivity index (χ2v) is 4.45. The first-order valence-electron chi connectivity index (χ1n) is 4.45. The van der Waals surface area contributed by atoms with Crippen LogP contribution in [-0.4, -0.2) is 16.8 Å². The minimum Gasteiger partial charge on any atom is -0.507 e. The largest absolute Gasteiger partial charge is 0.507 e. The smallest absolute Gasteiger partial charge is 0.165 e. The lowest BCUT2D eigenvalue weighted by molar-refractivity contribution is 0.222. The second-order valence-electron chi connectivity index (χ2n) is 3.66. The fraction of sp³-hybridized carbons (Fsp3) is 0.400. The highest BCUT2D eigenvalue weighted by Gasteiger charge is 2.23. The van der Waals surface area contributed by atoms with Gasteiger partial charge in [-0.25, -0.2) is 0 Å². The average Bonchev–Trinajstić information content (AvgIpc) is 2.14. The van der Waals surface area contributed by atoms with Crippen molar-refractivity contribution in [3.05, 3.63) is 16.1 Å². The van der Waals surface area contributed by atoms with Crippen molar-refractivity contribution in [3.63, 3.8) is 0 Å². The Labute approximate surface area is 90.5 Å². The summed E-state index contributed by atoms with van der Waals surface area (Å²) in [6, 6.07) is 1.29. The van der Waals surface area contributed by atoms with E-state index in [4.69, 9.17) is 4.74 Å². The van der Waals surface area contributed by atoms with E-state index in [0.29, 0.717) is 22.7 Å². The number of aromatic hydroxyl groups is 2. The molecule has 4 heteroatoms. The van der Waals surface area contributed by atoms with E-state index in [1.807, 2.05) is 0 Å². The highest BCUT2D eigenvalue weighted by atomic mass is 79.9. The Morgan fingerprint density at radius 2 is 2.14 bits per heavy atom. The molecule has 14 heavy (non-hydrogen) atoms. The molecule has 0 radical (unpaired) electrons. The molecule has 0 aromatic heterocycles. The standard InChI is InChI=1S/C10H11BrO3/c1-5-2-6-9(11)7(12)3-8(13)10(6)14-4-5/h3,5,12-13H,2,4H2,1H3/t5-/m1/s1. The summed E-state index contributed by atoms with van der Waals surface area (Å²) in [6.45, 7) is 2.67. The van der Waals surface area contributed by atoms with Gasteiger partial charge in [0.1, 0.15) is 5.75 Å². The van der Waals surface area contributed by atoms with E-state index in [2.05, 4.69) is 22.9 Å². The van der Waals surface area contributed by atoms with E-state index in [-0.39, 0.29) is 11.5 Å². The summed E-state index contributed by atoms with van der Waals surface area (Å²) in [5.74, 6) is 0.958. The Kier molecular flexibility index (Phi) is 2.31. The zero-order valence-electron chi connectivity index (χ0n) is 7.75. The number of fused-ring (bicyclic) bond motifs is 1. The number of hydrogen-bond donors (Lipinski definition) is 2. The lowest BCUT2D eigenvalue weighted by Gasteiger charge is -2.24. The number of phenols is 2. The van der Waals surface area contributed by atoms with Crippen LogP contribution >= 0.6 is 15.9 Å². The molecule has 1 aromatic rings. The van der Waals surface area contributed by atoms with E-state index >= 15 is 0 Å². The molecule has 0 aliphatic carbocycles. The molecule has 0 bridgehead atoms. The predicted octanol–water partition coefficient (Wildman–Crippen LogP) is 2.43. The molecule has 0 spiro atoms. The maximum absolute atomic E-state index is 9.54. The van der Waals surface area contributed by atoms with Crippen LogP contribution in [0.4, 0.5) is 0 Å². The fourth-order valence-corrected chi connectivity index (χ4v) is 2.10. The van der Waals surface area contributed by atoms with Crippen LogP contribution in [0.3, 0.4) is 0 Å². The highest BCUT2D eigenvalue weighted by molar-refractivity contribution is 9.10. The summed E-state index contributed by atoms with van der Waals surface area (Å²) in [4.78, 5) is 0. The Hall–Kier alpha value is -0.900. The molecule has 76 valence electrons. The summed E-state index contributed by atoms with van der Waals surface area (Å²) in [6.07, 6.45) is 0.803. The monoisotopic (exact) mass is 258 g/mol. The van der Waals surface area contributed by atoms with Crippen LogP contribution in [0.5, 0.6) is 17.2 Å². The zero-order valence-corrected chi connectivity index (χ0v) is 9.34. The molecule has 0 saturated carbocycles. The third-order valence-corrected chi connectivity index (χ3v) is 3.22. The maximum atomic E-state index is 9.54. The van der Waals surface area contributed by atoms with Crippen molar-refractivity contribution in [2.24, 2.45) is 5.92 Å². The van der Waals surface area contributed by atoms with E-state index < -0.39 is 0 Å². The summed E-state index contributed by atoms with van der Waals surface area (Å²) in [5.41, 5.74) is 0.848. The fourth-order valence-electron chi connectivity index (χ4n) is 1.64. The third kappa shape index (κ3) is 1.43. The van der Waals surface area contributed by atoms with E-state index in [1.54, 1.807) is 0 Å². The lowest BCUT2D eigenvalue weighted by Crippen LogP contribution is -2.18. The van der Waals surface area contributed by atoms with Gasteiger partial charge in [0.2, 0.25) is 0 Å². The van der Waals surface area contributed by atoms with Gasteiger partial charge in [0, 0.05) is 11.6 Å². The van der Waals surface area contributed by atoms with Crippen LogP contribution in [0.15, 0.2) is 10.5 Å². The molecule has 0 fully saturated rings. The average molecular weight is 259 g/mol. The molecule has 1 atom stereocenters. The SMILES string of the molecule is C[C@H]1COc2c(O)cc(O)c(Br)c2C1. The van der Waals surface area contributed by atoms with Crippen LogP contribution in [0.2, 0.25) is 0 Å². The van der Waals surface area contributed by atoms with Crippen molar-refractivity contribution in [2.75, 3.05) is 6.61 Å². The number of benzene rings is 1. The van der Waals surface area contributed by atoms with Crippen LogP contribution < -0.4 is 4.74 Å². The van der Waals surface area contributed by atoms with Crippen molar-refractivity contribution in [1.29, 1.82) is 0 Å². The van der Waals surface area contributed by atoms with Crippen molar-refractivity contribution in [3.8, 4) is 17.2 Å². The lowest BCUT2D eigenvalue weighted by atomic mass is 9.98. The molecular weight excluding hydrogens is 248 g/mol. The van der Waals surface area contributed by atoms with Gasteiger partial charge in [-0.05, 0) is 28.3 Å². The maximum Gasteiger partial charge on any atom is 0.165 e. The Balaban J connectivity index is 2.57. The minimum absolute atomic E-state index is 0.00704. The van der Waals surface area contributed by atoms with Crippen LogP contribution in [0.1, 0.15) is 12.5 Å². The molecule has 2 rings (SSSR count). The predicted molar refractivity (Wildman–Crippen MR) is 55.8 cm³/mol. The van der Waals surface area contributed by atoms with E-state index in [9.17, 15) is 10.2 Å². The summed E-state index contributed by atoms with van der Waals surface area (Å²) in [5, 5.41) is 19.0. The number of phenolic OH excluding ortho intramolecular Hbond substituents is 2. The Bertz CT molecular complexity index is 376. The van der Waals surface area contributed by atoms with Crippen molar-refractivity contribution >= 4 is 15.9 Å². The normalized spacial score (nSPS) is 20.0. The second kappa shape index (κ2) is 3.35. The summed E-state index contributed by atoms with van der Waals surface area (Å²) in [7, 11) is 0. The zero-order chi connectivity index (χ0) is 10.3. The van der Waals surface area contributed by atoms with Gasteiger partial charge in [0.25, 0.3) is 0 Å². The van der Waals surface area contributed by atoms with Gasteiger partial charge in [-0.1, -0.05) is 6.92 Å². The van der Waals surface area contributed by atoms with Crippen molar-refractivity contribution in [2.45, 2.75) is 13.3 Å². The first-order valence-corrected chi connectivity index (χ1v) is 5.25. The molecule has 1 aliphatic heterocycles. The molecule has 3 nitrogen and oxygen atoms in total. The number of hydrogen-bond acceptors (Lipinski definition) is 3. The van der Waals surface area contributed by atoms with Gasteiger partial charge < -0.3 is 14.9 Å². The molecule has 2 N–H and O–H groups in total. The molecule has 0 saturated heterocycles. The Morgan fingerprint density at radius 1 is 1.43 bits per heavy atom. The first-order chi connectivity index (χ1) is 6.59. The first kappa shape index (κ1) is 9.65. The van der Waals surface area contributed by atoms with E-state index in [1.165, 1.54) is 6.07 Å². The van der Waals surface area contributed by atoms with Crippen molar-refractivity contribution in [1.82, 2.24) is 0 Å². The van der Waals surface area contributed by atoms with Gasteiger partial charge in [-0.2, -0.15) is 0 Å². The van der Waals surface area contributed by atoms with Crippen LogP contribution in [-0.2, 0) is 6.42 Å². The number of ether oxygens (including phenoxy) is 1. The number of halogens is 1. The van der Waals surface area contributed by atoms with Gasteiger partial charge >= 0.3 is 0 Å². The topological polar surface area (TPSA) is 49.7 Å². The summed E-state index contributed by atoms with van der Waals surface area (Å²) < 4.78 is 6.03. The highest BCUT2D eigenvalue weighted by Crippen LogP contribution is 2.44. The number of rotatable bonds is 0. The van der Waals surface area contributed by atoms with Crippen LogP contribution in [0, 0.1) is 5.92 Å². The minimum atomic E-state index is 0.00704. The van der Waals surface area contributed by atoms with Crippen LogP contribution in [0.25, 0.3) is 0 Å². The molecule has 0 amide bonds. The van der Waals surface area contributed by atoms with Crippen molar-refractivity contribution < 1.29 is 14.9 Å². The van der Waals surface area contributed by atoms with Gasteiger partial charge in [0.05, 0.1) is 11.1 Å². The van der Waals surface area contributed by atoms with Gasteiger partial charge in [0.15, 0.2) is 11.5 Å². The van der Waals surface area contributed by atoms with E-state index in [0.717, 1.165) is 12.0 Å². The quantitative estimate of drug-likeness (QED) is 0.752. The molecule has 1 heterocycles. The molecule has 0 unspecified atom stereocenters.